The van der Waals surface area contributed by atoms with Crippen LogP contribution in [0.5, 0.6) is 0 Å². The quantitative estimate of drug-likeness (QED) is 0.888. The fourth-order valence-electron chi connectivity index (χ4n) is 1.18. The zero-order valence-electron chi connectivity index (χ0n) is 10.2. The van der Waals surface area contributed by atoms with E-state index in [1.165, 1.54) is 0 Å². The first-order valence-corrected chi connectivity index (χ1v) is 6.23. The molecule has 0 aromatic heterocycles. The van der Waals surface area contributed by atoms with Gasteiger partial charge in [-0.15, -0.1) is 0 Å². The number of carbonyl (C=O) groups excluding carboxylic acids is 1. The van der Waals surface area contributed by atoms with Crippen LogP contribution in [0.3, 0.4) is 0 Å². The molecule has 0 bridgehead atoms. The lowest BCUT2D eigenvalue weighted by molar-refractivity contribution is -0.124. The Morgan fingerprint density at radius 3 is 2.62 bits per heavy atom. The van der Waals surface area contributed by atoms with E-state index in [1.807, 2.05) is 45.9 Å². The summed E-state index contributed by atoms with van der Waals surface area (Å²) in [6, 6.07) is 5.88. The SMILES string of the molecule is CCC(C)(C)C(=O)Nc1cc(Br)ccc1C. The van der Waals surface area contributed by atoms with Crippen molar-refractivity contribution in [1.29, 1.82) is 0 Å². The molecule has 2 nitrogen and oxygen atoms in total. The Kier molecular flexibility index (Phi) is 4.14. The highest BCUT2D eigenvalue weighted by atomic mass is 79.9. The van der Waals surface area contributed by atoms with Crippen LogP contribution in [0.1, 0.15) is 32.8 Å². The monoisotopic (exact) mass is 283 g/mol. The Labute approximate surface area is 106 Å². The maximum atomic E-state index is 12.0. The van der Waals surface area contributed by atoms with E-state index >= 15 is 0 Å². The van der Waals surface area contributed by atoms with Gasteiger partial charge in [0.2, 0.25) is 5.91 Å². The Bertz CT molecular complexity index is 399. The molecule has 0 fully saturated rings. The number of aryl methyl sites for hydroxylation is 1. The molecule has 1 rings (SSSR count). The highest BCUT2D eigenvalue weighted by Crippen LogP contribution is 2.25. The minimum atomic E-state index is -0.325. The number of nitrogens with one attached hydrogen (secondary N) is 1. The molecule has 0 saturated carbocycles. The number of hydrogen-bond donors (Lipinski definition) is 1. The van der Waals surface area contributed by atoms with E-state index in [2.05, 4.69) is 21.2 Å². The van der Waals surface area contributed by atoms with Crippen LogP contribution in [-0.4, -0.2) is 5.91 Å². The van der Waals surface area contributed by atoms with Crippen LogP contribution in [-0.2, 0) is 4.79 Å². The van der Waals surface area contributed by atoms with Crippen LogP contribution in [0, 0.1) is 12.3 Å². The number of halogens is 1. The van der Waals surface area contributed by atoms with Crippen LogP contribution in [0.25, 0.3) is 0 Å². The first-order valence-electron chi connectivity index (χ1n) is 5.44. The number of anilines is 1. The van der Waals surface area contributed by atoms with Crippen molar-refractivity contribution in [2.75, 3.05) is 5.32 Å². The highest BCUT2D eigenvalue weighted by Gasteiger charge is 2.25. The molecule has 1 aromatic carbocycles. The standard InChI is InChI=1S/C13H18BrNO/c1-5-13(3,4)12(16)15-11-8-10(14)7-6-9(11)2/h6-8H,5H2,1-4H3,(H,15,16). The largest absolute Gasteiger partial charge is 0.325 e. The van der Waals surface area contributed by atoms with Gasteiger partial charge in [0.15, 0.2) is 0 Å². The third kappa shape index (κ3) is 3.08. The van der Waals surface area contributed by atoms with Gasteiger partial charge in [-0.25, -0.2) is 0 Å². The van der Waals surface area contributed by atoms with Crippen LogP contribution < -0.4 is 5.32 Å². The lowest BCUT2D eigenvalue weighted by atomic mass is 9.89. The molecule has 3 heteroatoms. The van der Waals surface area contributed by atoms with E-state index in [4.69, 9.17) is 0 Å². The summed E-state index contributed by atoms with van der Waals surface area (Å²) in [5.74, 6) is 0.0659. The van der Waals surface area contributed by atoms with Crippen molar-refractivity contribution in [2.45, 2.75) is 34.1 Å². The van der Waals surface area contributed by atoms with Crippen molar-refractivity contribution in [3.8, 4) is 0 Å². The maximum absolute atomic E-state index is 12.0. The smallest absolute Gasteiger partial charge is 0.230 e. The molecule has 0 unspecified atom stereocenters. The zero-order chi connectivity index (χ0) is 12.3. The number of hydrogen-bond acceptors (Lipinski definition) is 1. The van der Waals surface area contributed by atoms with Gasteiger partial charge < -0.3 is 5.32 Å². The fraction of sp³-hybridized carbons (Fsp3) is 0.462. The minimum Gasteiger partial charge on any atom is -0.325 e. The molecule has 0 atom stereocenters. The van der Waals surface area contributed by atoms with Crippen molar-refractivity contribution in [3.05, 3.63) is 28.2 Å². The van der Waals surface area contributed by atoms with E-state index in [1.54, 1.807) is 0 Å². The second-order valence-electron chi connectivity index (χ2n) is 4.65. The average Bonchev–Trinajstić information content (AvgIpc) is 2.23. The van der Waals surface area contributed by atoms with E-state index in [-0.39, 0.29) is 11.3 Å². The highest BCUT2D eigenvalue weighted by molar-refractivity contribution is 9.10. The molecular weight excluding hydrogens is 266 g/mol. The van der Waals surface area contributed by atoms with Crippen LogP contribution >= 0.6 is 15.9 Å². The molecule has 16 heavy (non-hydrogen) atoms. The van der Waals surface area contributed by atoms with E-state index < -0.39 is 0 Å². The van der Waals surface area contributed by atoms with Crippen molar-refractivity contribution < 1.29 is 4.79 Å². The van der Waals surface area contributed by atoms with E-state index in [0.29, 0.717) is 0 Å². The van der Waals surface area contributed by atoms with Gasteiger partial charge in [0.05, 0.1) is 0 Å². The molecule has 0 radical (unpaired) electrons. The third-order valence-electron chi connectivity index (χ3n) is 2.95. The van der Waals surface area contributed by atoms with Crippen LogP contribution in [0.4, 0.5) is 5.69 Å². The Balaban J connectivity index is 2.89. The number of carbonyl (C=O) groups is 1. The number of amides is 1. The number of rotatable bonds is 3. The van der Waals surface area contributed by atoms with E-state index in [0.717, 1.165) is 22.1 Å². The van der Waals surface area contributed by atoms with Gasteiger partial charge in [0.25, 0.3) is 0 Å². The lowest BCUT2D eigenvalue weighted by Crippen LogP contribution is -2.30. The van der Waals surface area contributed by atoms with Crippen molar-refractivity contribution in [3.63, 3.8) is 0 Å². The number of benzene rings is 1. The molecule has 0 heterocycles. The second kappa shape index (κ2) is 5.00. The molecule has 0 saturated heterocycles. The first-order chi connectivity index (χ1) is 7.36. The molecule has 88 valence electrons. The predicted octanol–water partition coefficient (Wildman–Crippen LogP) is 4.13. The molecule has 1 aromatic rings. The first kappa shape index (κ1) is 13.2. The summed E-state index contributed by atoms with van der Waals surface area (Å²) >= 11 is 3.40. The van der Waals surface area contributed by atoms with Gasteiger partial charge >= 0.3 is 0 Å². The molecule has 0 aliphatic rings. The van der Waals surface area contributed by atoms with Gasteiger partial charge in [-0.05, 0) is 31.0 Å². The summed E-state index contributed by atoms with van der Waals surface area (Å²) in [6.45, 7) is 7.92. The minimum absolute atomic E-state index is 0.0659. The molecule has 0 aliphatic carbocycles. The Morgan fingerprint density at radius 2 is 2.06 bits per heavy atom. The summed E-state index contributed by atoms with van der Waals surface area (Å²) in [5, 5.41) is 2.97. The summed E-state index contributed by atoms with van der Waals surface area (Å²) in [7, 11) is 0. The maximum Gasteiger partial charge on any atom is 0.230 e. The molecule has 0 spiro atoms. The third-order valence-corrected chi connectivity index (χ3v) is 3.44. The summed E-state index contributed by atoms with van der Waals surface area (Å²) in [5.41, 5.74) is 1.62. The van der Waals surface area contributed by atoms with Crippen molar-refractivity contribution >= 4 is 27.5 Å². The second-order valence-corrected chi connectivity index (χ2v) is 5.57. The normalized spacial score (nSPS) is 11.3. The summed E-state index contributed by atoms with van der Waals surface area (Å²) in [4.78, 5) is 12.0. The van der Waals surface area contributed by atoms with Gasteiger partial charge in [0, 0.05) is 15.6 Å². The van der Waals surface area contributed by atoms with Gasteiger partial charge in [-0.3, -0.25) is 4.79 Å². The van der Waals surface area contributed by atoms with E-state index in [9.17, 15) is 4.79 Å². The lowest BCUT2D eigenvalue weighted by Gasteiger charge is -2.22. The fourth-order valence-corrected chi connectivity index (χ4v) is 1.54. The van der Waals surface area contributed by atoms with Crippen molar-refractivity contribution in [1.82, 2.24) is 0 Å². The molecule has 0 aliphatic heterocycles. The van der Waals surface area contributed by atoms with Crippen LogP contribution in [0.2, 0.25) is 0 Å². The topological polar surface area (TPSA) is 29.1 Å². The van der Waals surface area contributed by atoms with Gasteiger partial charge in [-0.1, -0.05) is 42.8 Å². The van der Waals surface area contributed by atoms with Crippen molar-refractivity contribution in [2.24, 2.45) is 5.41 Å². The molecule has 1 N–H and O–H groups in total. The molecule has 1 amide bonds. The zero-order valence-corrected chi connectivity index (χ0v) is 11.8. The Morgan fingerprint density at radius 1 is 1.44 bits per heavy atom. The van der Waals surface area contributed by atoms with Gasteiger partial charge in [0.1, 0.15) is 0 Å². The predicted molar refractivity (Wildman–Crippen MR) is 71.6 cm³/mol. The summed E-state index contributed by atoms with van der Waals surface area (Å²) < 4.78 is 0.975. The van der Waals surface area contributed by atoms with Gasteiger partial charge in [-0.2, -0.15) is 0 Å². The average molecular weight is 284 g/mol. The molecular formula is C13H18BrNO. The Hall–Kier alpha value is -0.830. The summed E-state index contributed by atoms with van der Waals surface area (Å²) in [6.07, 6.45) is 0.825. The van der Waals surface area contributed by atoms with Crippen LogP contribution in [0.15, 0.2) is 22.7 Å².